The topological polar surface area (TPSA) is 91.8 Å². The number of benzene rings is 1. The normalized spacial score (nSPS) is 15.7. The number of morpholine rings is 1. The zero-order valence-electron chi connectivity index (χ0n) is 29.0. The van der Waals surface area contributed by atoms with Crippen LogP contribution in [0.1, 0.15) is 109 Å². The van der Waals surface area contributed by atoms with Crippen LogP contribution in [0.25, 0.3) is 5.57 Å². The van der Waals surface area contributed by atoms with Crippen molar-refractivity contribution in [1.82, 2.24) is 4.90 Å². The first-order valence-electron chi connectivity index (χ1n) is 16.3. The van der Waals surface area contributed by atoms with Crippen molar-refractivity contribution in [2.45, 2.75) is 100 Å². The number of aliphatic imine (C=N–C) groups is 1. The lowest BCUT2D eigenvalue weighted by atomic mass is 9.79. The molecule has 1 saturated heterocycles. The Morgan fingerprint density at radius 2 is 1.70 bits per heavy atom. The third-order valence-corrected chi connectivity index (χ3v) is 7.28. The molecule has 0 aromatic heterocycles. The molecular formula is C38H60N4O2. The number of hydrogen-bond acceptors (Lipinski definition) is 5. The lowest BCUT2D eigenvalue weighted by molar-refractivity contribution is -0.121. The van der Waals surface area contributed by atoms with Crippen molar-refractivity contribution in [2.24, 2.45) is 10.7 Å². The number of nitrogens with zero attached hydrogens (tertiary/aromatic N) is 2. The fraction of sp³-hybridized carbons (Fsp3) is 0.500. The zero-order valence-corrected chi connectivity index (χ0v) is 29.0. The summed E-state index contributed by atoms with van der Waals surface area (Å²) in [7, 11) is 0. The summed E-state index contributed by atoms with van der Waals surface area (Å²) in [5.41, 5.74) is 15.8. The molecule has 1 aliphatic carbocycles. The first kappa shape index (κ1) is 40.5. The highest BCUT2D eigenvalue weighted by Crippen LogP contribution is 2.41. The zero-order chi connectivity index (χ0) is 33.3. The maximum Gasteiger partial charge on any atom is 0.209 e. The van der Waals surface area contributed by atoms with Crippen LogP contribution in [0.3, 0.4) is 0 Å². The van der Waals surface area contributed by atoms with Gasteiger partial charge in [-0.05, 0) is 111 Å². The SMILES string of the molecule is C=CN.CC.C\C=C(C)/C=N\C(=C\CC)C(=C/CCC)\C1=C(c2c(C)ccc(C)c2C=N)CCCC1.O=CN1CCOCC1. The Hall–Kier alpha value is -3.51. The van der Waals surface area contributed by atoms with Crippen LogP contribution in [-0.2, 0) is 9.53 Å². The molecule has 1 amide bonds. The standard InChI is InChI=1S/C29H40N2.C5H9NO2.C2H5N.C2H6/c1-7-10-14-25(28(13-8-2)31-20-21(4)9-3)24-15-11-12-16-26(24)29-23(6)18-17-22(5)27(29)19-30;7-5-6-1-3-8-4-2-6;1-2-3;1-2/h9,13-14,17-20,30H,7-8,10-12,15-16H2,1-6H3;5H,1-4H2;2H,1,3H2;1-2H3/b21-9-,25-14-,28-13+,30-19?,31-20-;;;. The maximum absolute atomic E-state index is 10.0. The monoisotopic (exact) mass is 604 g/mol. The van der Waals surface area contributed by atoms with Gasteiger partial charge in [0.25, 0.3) is 0 Å². The quantitative estimate of drug-likeness (QED) is 0.158. The molecule has 6 heteroatoms. The first-order valence-corrected chi connectivity index (χ1v) is 16.3. The summed E-state index contributed by atoms with van der Waals surface area (Å²) in [5, 5.41) is 8.11. The summed E-state index contributed by atoms with van der Waals surface area (Å²) in [4.78, 5) is 16.7. The van der Waals surface area contributed by atoms with Crippen LogP contribution in [0.4, 0.5) is 0 Å². The number of hydrogen-bond donors (Lipinski definition) is 2. The van der Waals surface area contributed by atoms with Gasteiger partial charge in [0.1, 0.15) is 0 Å². The van der Waals surface area contributed by atoms with Gasteiger partial charge in [-0.1, -0.05) is 71.1 Å². The summed E-state index contributed by atoms with van der Waals surface area (Å²) < 4.78 is 5.00. The van der Waals surface area contributed by atoms with Gasteiger partial charge >= 0.3 is 0 Å². The molecule has 244 valence electrons. The van der Waals surface area contributed by atoms with Gasteiger partial charge in [-0.3, -0.25) is 9.79 Å². The number of carbonyl (C=O) groups is 1. The number of aryl methyl sites for hydroxylation is 2. The highest BCUT2D eigenvalue weighted by atomic mass is 16.5. The minimum Gasteiger partial charge on any atom is -0.405 e. The van der Waals surface area contributed by atoms with Gasteiger partial charge in [-0.15, -0.1) is 0 Å². The molecule has 1 aromatic carbocycles. The van der Waals surface area contributed by atoms with Crippen molar-refractivity contribution < 1.29 is 9.53 Å². The Morgan fingerprint density at radius 1 is 1.09 bits per heavy atom. The number of nitrogens with one attached hydrogen (secondary N) is 1. The van der Waals surface area contributed by atoms with Gasteiger partial charge in [-0.25, -0.2) is 0 Å². The molecule has 1 heterocycles. The van der Waals surface area contributed by atoms with E-state index in [-0.39, 0.29) is 0 Å². The van der Waals surface area contributed by atoms with Crippen LogP contribution in [0, 0.1) is 19.3 Å². The predicted octanol–water partition coefficient (Wildman–Crippen LogP) is 9.28. The largest absolute Gasteiger partial charge is 0.405 e. The van der Waals surface area contributed by atoms with Crippen LogP contribution < -0.4 is 5.73 Å². The summed E-state index contributed by atoms with van der Waals surface area (Å²) >= 11 is 0. The number of carbonyl (C=O) groups excluding carboxylic acids is 1. The Bertz CT molecular complexity index is 1170. The highest BCUT2D eigenvalue weighted by molar-refractivity contribution is 5.92. The van der Waals surface area contributed by atoms with E-state index < -0.39 is 0 Å². The average molecular weight is 605 g/mol. The summed E-state index contributed by atoms with van der Waals surface area (Å²) in [6, 6.07) is 4.35. The lowest BCUT2D eigenvalue weighted by Crippen LogP contribution is -2.34. The molecule has 2 aliphatic rings. The minimum absolute atomic E-state index is 0.693. The van der Waals surface area contributed by atoms with Crippen molar-refractivity contribution in [2.75, 3.05) is 26.3 Å². The highest BCUT2D eigenvalue weighted by Gasteiger charge is 2.23. The Balaban J connectivity index is 0.00000119. The van der Waals surface area contributed by atoms with E-state index in [1.54, 1.807) is 11.1 Å². The molecule has 44 heavy (non-hydrogen) atoms. The number of nitrogens with two attached hydrogens (primary N) is 1. The van der Waals surface area contributed by atoms with Crippen molar-refractivity contribution >= 4 is 24.4 Å². The molecule has 3 rings (SSSR count). The second kappa shape index (κ2) is 24.9. The Labute approximate surface area is 269 Å². The van der Waals surface area contributed by atoms with Crippen LogP contribution in [0.5, 0.6) is 0 Å². The van der Waals surface area contributed by atoms with E-state index in [9.17, 15) is 4.79 Å². The lowest BCUT2D eigenvalue weighted by Gasteiger charge is -2.26. The molecule has 3 N–H and O–H groups in total. The molecule has 1 fully saturated rings. The predicted molar refractivity (Wildman–Crippen MR) is 193 cm³/mol. The number of rotatable bonds is 10. The summed E-state index contributed by atoms with van der Waals surface area (Å²) in [6.07, 6.45) is 20.1. The van der Waals surface area contributed by atoms with Crippen LogP contribution in [0.2, 0.25) is 0 Å². The maximum atomic E-state index is 10.0. The van der Waals surface area contributed by atoms with Gasteiger partial charge in [-0.2, -0.15) is 0 Å². The third-order valence-electron chi connectivity index (χ3n) is 7.28. The third kappa shape index (κ3) is 13.9. The molecule has 0 spiro atoms. The van der Waals surface area contributed by atoms with Gasteiger partial charge < -0.3 is 20.8 Å². The number of amides is 1. The van der Waals surface area contributed by atoms with Crippen molar-refractivity contribution in [3.63, 3.8) is 0 Å². The molecule has 0 bridgehead atoms. The second-order valence-corrected chi connectivity index (χ2v) is 10.5. The molecule has 1 aliphatic heterocycles. The average Bonchev–Trinajstić information content (AvgIpc) is 3.06. The molecule has 0 radical (unpaired) electrons. The van der Waals surface area contributed by atoms with E-state index in [0.29, 0.717) is 13.2 Å². The molecule has 6 nitrogen and oxygen atoms in total. The van der Waals surface area contributed by atoms with Gasteiger partial charge in [0.15, 0.2) is 0 Å². The van der Waals surface area contributed by atoms with E-state index in [2.05, 4.69) is 84.2 Å². The van der Waals surface area contributed by atoms with E-state index in [1.165, 1.54) is 58.0 Å². The fourth-order valence-corrected chi connectivity index (χ4v) is 4.92. The van der Waals surface area contributed by atoms with Gasteiger partial charge in [0.05, 0.1) is 18.9 Å². The second-order valence-electron chi connectivity index (χ2n) is 10.5. The van der Waals surface area contributed by atoms with Crippen molar-refractivity contribution in [3.8, 4) is 0 Å². The molecular weight excluding hydrogens is 544 g/mol. The smallest absolute Gasteiger partial charge is 0.209 e. The van der Waals surface area contributed by atoms with E-state index in [1.807, 2.05) is 20.1 Å². The number of ether oxygens (including phenoxy) is 1. The van der Waals surface area contributed by atoms with Gasteiger partial charge in [0, 0.05) is 31.1 Å². The van der Waals surface area contributed by atoms with Crippen LogP contribution in [0.15, 0.2) is 70.5 Å². The van der Waals surface area contributed by atoms with Crippen LogP contribution in [-0.4, -0.2) is 50.0 Å². The molecule has 0 unspecified atom stereocenters. The summed E-state index contributed by atoms with van der Waals surface area (Å²) in [5.74, 6) is 0. The molecule has 0 saturated carbocycles. The molecule has 0 atom stereocenters. The Kier molecular flexibility index (Phi) is 22.9. The number of unbranched alkanes of at least 4 members (excludes halogenated alkanes) is 1. The Morgan fingerprint density at radius 3 is 2.23 bits per heavy atom. The van der Waals surface area contributed by atoms with E-state index in [4.69, 9.17) is 15.1 Å². The van der Waals surface area contributed by atoms with E-state index in [0.717, 1.165) is 62.9 Å². The minimum atomic E-state index is 0.693. The van der Waals surface area contributed by atoms with Gasteiger partial charge in [0.2, 0.25) is 6.41 Å². The van der Waals surface area contributed by atoms with E-state index >= 15 is 0 Å². The van der Waals surface area contributed by atoms with Crippen LogP contribution >= 0.6 is 0 Å². The van der Waals surface area contributed by atoms with Crippen molar-refractivity contribution in [3.05, 3.63) is 87.8 Å². The molecule has 1 aromatic rings. The fourth-order valence-electron chi connectivity index (χ4n) is 4.92. The number of allylic oxidation sites excluding steroid dienone is 6. The van der Waals surface area contributed by atoms with Crippen molar-refractivity contribution in [1.29, 1.82) is 5.41 Å². The summed E-state index contributed by atoms with van der Waals surface area (Å²) in [6.45, 7) is 22.9. The first-order chi connectivity index (χ1) is 21.3.